The van der Waals surface area contributed by atoms with E-state index in [4.69, 9.17) is 0 Å². The Bertz CT molecular complexity index is 373. The molecular weight excluding hydrogens is 368 g/mol. The van der Waals surface area contributed by atoms with Crippen molar-refractivity contribution >= 4 is 11.6 Å². The van der Waals surface area contributed by atoms with Gasteiger partial charge in [-0.15, -0.1) is 0 Å². The first-order valence-electron chi connectivity index (χ1n) is 13.4. The predicted molar refractivity (Wildman–Crippen MR) is 132 cm³/mol. The number of rotatable bonds is 24. The molecule has 176 valence electrons. The highest BCUT2D eigenvalue weighted by Gasteiger charge is 2.01. The van der Waals surface area contributed by atoms with Gasteiger partial charge in [0.05, 0.1) is 0 Å². The monoisotopic (exact) mass is 420 g/mol. The number of carbonyl (C=O) groups is 2. The molecule has 2 nitrogen and oxygen atoms in total. The molecule has 0 aliphatic heterocycles. The lowest BCUT2D eigenvalue weighted by Gasteiger charge is -2.02. The summed E-state index contributed by atoms with van der Waals surface area (Å²) in [5, 5.41) is 0. The lowest BCUT2D eigenvalue weighted by molar-refractivity contribution is -0.116. The van der Waals surface area contributed by atoms with E-state index in [1.807, 2.05) is 0 Å². The minimum atomic E-state index is 0.117. The van der Waals surface area contributed by atoms with Gasteiger partial charge in [0, 0.05) is 12.8 Å². The average Bonchev–Trinajstić information content (AvgIpc) is 2.75. The second-order valence-corrected chi connectivity index (χ2v) is 9.13. The molecule has 30 heavy (non-hydrogen) atoms. The van der Waals surface area contributed by atoms with E-state index in [9.17, 15) is 9.59 Å². The summed E-state index contributed by atoms with van der Waals surface area (Å²) in [6.45, 7) is 4.51. The van der Waals surface area contributed by atoms with Crippen molar-refractivity contribution in [1.29, 1.82) is 0 Å². The molecule has 0 aromatic rings. The number of hydrogen-bond donors (Lipinski definition) is 0. The van der Waals surface area contributed by atoms with Crippen molar-refractivity contribution in [1.82, 2.24) is 0 Å². The zero-order chi connectivity index (χ0) is 22.1. The topological polar surface area (TPSA) is 34.1 Å². The van der Waals surface area contributed by atoms with Crippen LogP contribution in [0.15, 0.2) is 12.2 Å². The van der Waals surface area contributed by atoms with E-state index < -0.39 is 0 Å². The Morgan fingerprint density at radius 2 is 0.633 bits per heavy atom. The van der Waals surface area contributed by atoms with Crippen LogP contribution in [-0.4, -0.2) is 11.6 Å². The van der Waals surface area contributed by atoms with Crippen molar-refractivity contribution in [3.63, 3.8) is 0 Å². The third-order valence-corrected chi connectivity index (χ3v) is 6.01. The van der Waals surface area contributed by atoms with Crippen molar-refractivity contribution < 1.29 is 9.59 Å². The van der Waals surface area contributed by atoms with Gasteiger partial charge in [-0.05, 0) is 25.0 Å². The number of hydrogen-bond acceptors (Lipinski definition) is 2. The van der Waals surface area contributed by atoms with Gasteiger partial charge in [-0.2, -0.15) is 0 Å². The highest BCUT2D eigenvalue weighted by atomic mass is 16.1. The molecule has 2 heteroatoms. The number of ketones is 2. The lowest BCUT2D eigenvalue weighted by Crippen LogP contribution is -1.97. The molecule has 0 radical (unpaired) electrons. The van der Waals surface area contributed by atoms with Gasteiger partial charge in [0.2, 0.25) is 0 Å². The molecule has 0 saturated heterocycles. The van der Waals surface area contributed by atoms with Crippen molar-refractivity contribution in [2.45, 2.75) is 155 Å². The molecule has 0 aromatic heterocycles. The second kappa shape index (κ2) is 24.4. The van der Waals surface area contributed by atoms with E-state index in [1.54, 1.807) is 0 Å². The zero-order valence-electron chi connectivity index (χ0n) is 20.5. The molecule has 0 N–H and O–H groups in total. The van der Waals surface area contributed by atoms with E-state index >= 15 is 0 Å². The summed E-state index contributed by atoms with van der Waals surface area (Å²) >= 11 is 0. The van der Waals surface area contributed by atoms with Crippen LogP contribution in [0.2, 0.25) is 0 Å². The quantitative estimate of drug-likeness (QED) is 0.115. The summed E-state index contributed by atoms with van der Waals surface area (Å²) in [5.74, 6) is 0.233. The first-order valence-corrected chi connectivity index (χ1v) is 13.4. The summed E-state index contributed by atoms with van der Waals surface area (Å²) < 4.78 is 0. The third-order valence-electron chi connectivity index (χ3n) is 6.01. The summed E-state index contributed by atoms with van der Waals surface area (Å²) in [6.07, 6.45) is 29.8. The summed E-state index contributed by atoms with van der Waals surface area (Å²) in [6, 6.07) is 0. The molecule has 0 rings (SSSR count). The van der Waals surface area contributed by atoms with Crippen molar-refractivity contribution in [2.24, 2.45) is 0 Å². The first-order chi connectivity index (χ1) is 14.7. The van der Waals surface area contributed by atoms with Gasteiger partial charge in [-0.3, -0.25) is 9.59 Å². The minimum Gasteiger partial charge on any atom is -0.295 e. The molecule has 0 aliphatic carbocycles. The number of carbonyl (C=O) groups excluding carboxylic acids is 2. The third kappa shape index (κ3) is 23.4. The fourth-order valence-electron chi connectivity index (χ4n) is 3.93. The van der Waals surface area contributed by atoms with Crippen LogP contribution in [0.1, 0.15) is 155 Å². The minimum absolute atomic E-state index is 0.117. The van der Waals surface area contributed by atoms with Crippen LogP contribution in [-0.2, 0) is 9.59 Å². The molecule has 0 spiro atoms. The summed E-state index contributed by atoms with van der Waals surface area (Å²) in [5.41, 5.74) is 0. The zero-order valence-corrected chi connectivity index (χ0v) is 20.5. The molecule has 0 aliphatic rings. The highest BCUT2D eigenvalue weighted by molar-refractivity contribution is 5.98. The van der Waals surface area contributed by atoms with E-state index in [0.29, 0.717) is 12.8 Å². The molecule has 0 fully saturated rings. The molecule has 0 bridgehead atoms. The molecule has 0 atom stereocenters. The number of allylic oxidation sites excluding steroid dienone is 2. The molecular formula is C28H52O2. The average molecular weight is 421 g/mol. The van der Waals surface area contributed by atoms with Crippen molar-refractivity contribution in [3.05, 3.63) is 12.2 Å². The first kappa shape index (κ1) is 29.1. The van der Waals surface area contributed by atoms with Crippen LogP contribution in [0.3, 0.4) is 0 Å². The van der Waals surface area contributed by atoms with Gasteiger partial charge in [0.15, 0.2) is 11.6 Å². The van der Waals surface area contributed by atoms with Gasteiger partial charge < -0.3 is 0 Å². The highest BCUT2D eigenvalue weighted by Crippen LogP contribution is 2.13. The SMILES string of the molecule is CCCCCCCCCCCCC(=O)C=CC(=O)CCCCCCCCCCCC. The van der Waals surface area contributed by atoms with E-state index in [0.717, 1.165) is 25.7 Å². The lowest BCUT2D eigenvalue weighted by atomic mass is 10.0. The fraction of sp³-hybridized carbons (Fsp3) is 0.857. The van der Waals surface area contributed by atoms with Crippen LogP contribution in [0.4, 0.5) is 0 Å². The second-order valence-electron chi connectivity index (χ2n) is 9.13. The maximum atomic E-state index is 11.9. The Morgan fingerprint density at radius 1 is 0.400 bits per heavy atom. The molecule has 0 unspecified atom stereocenters. The van der Waals surface area contributed by atoms with E-state index in [-0.39, 0.29) is 11.6 Å². The standard InChI is InChI=1S/C28H52O2/c1-3-5-7-9-11-13-15-17-19-21-23-27(29)25-26-28(30)24-22-20-18-16-14-12-10-8-6-4-2/h25-26H,3-24H2,1-2H3. The largest absolute Gasteiger partial charge is 0.295 e. The Hall–Kier alpha value is -0.920. The van der Waals surface area contributed by atoms with Crippen molar-refractivity contribution in [3.8, 4) is 0 Å². The van der Waals surface area contributed by atoms with Gasteiger partial charge in [-0.1, -0.05) is 129 Å². The van der Waals surface area contributed by atoms with Crippen LogP contribution >= 0.6 is 0 Å². The Labute approximate surface area is 188 Å². The maximum absolute atomic E-state index is 11.9. The molecule has 0 saturated carbocycles. The molecule has 0 aromatic carbocycles. The predicted octanol–water partition coefficient (Wildman–Crippen LogP) is 9.30. The summed E-state index contributed by atoms with van der Waals surface area (Å²) in [7, 11) is 0. The van der Waals surface area contributed by atoms with Crippen LogP contribution in [0, 0.1) is 0 Å². The van der Waals surface area contributed by atoms with Crippen LogP contribution in [0.5, 0.6) is 0 Å². The Kier molecular flexibility index (Phi) is 23.6. The molecule has 0 heterocycles. The van der Waals surface area contributed by atoms with Gasteiger partial charge in [0.1, 0.15) is 0 Å². The van der Waals surface area contributed by atoms with Gasteiger partial charge in [0.25, 0.3) is 0 Å². The van der Waals surface area contributed by atoms with Gasteiger partial charge >= 0.3 is 0 Å². The van der Waals surface area contributed by atoms with Crippen molar-refractivity contribution in [2.75, 3.05) is 0 Å². The maximum Gasteiger partial charge on any atom is 0.155 e. The number of unbranched alkanes of at least 4 members (excludes halogenated alkanes) is 18. The van der Waals surface area contributed by atoms with Crippen LogP contribution < -0.4 is 0 Å². The Balaban J connectivity index is 3.41. The van der Waals surface area contributed by atoms with E-state index in [2.05, 4.69) is 13.8 Å². The van der Waals surface area contributed by atoms with E-state index in [1.165, 1.54) is 115 Å². The summed E-state index contributed by atoms with van der Waals surface area (Å²) in [4.78, 5) is 23.8. The fourth-order valence-corrected chi connectivity index (χ4v) is 3.93. The van der Waals surface area contributed by atoms with Crippen LogP contribution in [0.25, 0.3) is 0 Å². The Morgan fingerprint density at radius 3 is 0.900 bits per heavy atom. The van der Waals surface area contributed by atoms with Gasteiger partial charge in [-0.25, -0.2) is 0 Å². The molecule has 0 amide bonds. The normalized spacial score (nSPS) is 11.4. The smallest absolute Gasteiger partial charge is 0.155 e.